The quantitative estimate of drug-likeness (QED) is 0.848. The van der Waals surface area contributed by atoms with Crippen molar-refractivity contribution in [1.82, 2.24) is 14.8 Å². The second kappa shape index (κ2) is 3.86. The number of aromatic nitrogens is 3. The first-order chi connectivity index (χ1) is 7.16. The van der Waals surface area contributed by atoms with Gasteiger partial charge in [-0.3, -0.25) is 0 Å². The molecule has 6 heteroatoms. The lowest BCUT2D eigenvalue weighted by molar-refractivity contribution is 0.620. The largest absolute Gasteiger partial charge is 0.367 e. The molecule has 0 unspecified atom stereocenters. The van der Waals surface area contributed by atoms with E-state index in [2.05, 4.69) is 10.1 Å². The van der Waals surface area contributed by atoms with Gasteiger partial charge in [0.1, 0.15) is 12.1 Å². The van der Waals surface area contributed by atoms with Gasteiger partial charge >= 0.3 is 0 Å². The Morgan fingerprint density at radius 1 is 1.47 bits per heavy atom. The number of anilines is 1. The average molecular weight is 227 g/mol. The van der Waals surface area contributed by atoms with Crippen molar-refractivity contribution in [2.24, 2.45) is 0 Å². The standard InChI is InChI=1S/C9H8ClFN4/c10-8-6(2-1-3-7(8)11)4-15-5-13-9(12)14-15/h1-3,5H,4H2,(H2,12,14). The van der Waals surface area contributed by atoms with E-state index in [0.29, 0.717) is 12.1 Å². The third kappa shape index (κ3) is 2.07. The molecule has 0 radical (unpaired) electrons. The van der Waals surface area contributed by atoms with Crippen molar-refractivity contribution in [2.75, 3.05) is 5.73 Å². The summed E-state index contributed by atoms with van der Waals surface area (Å²) in [6.07, 6.45) is 1.47. The number of nitrogen functional groups attached to an aromatic ring is 1. The van der Waals surface area contributed by atoms with E-state index in [1.807, 2.05) is 0 Å². The number of benzene rings is 1. The van der Waals surface area contributed by atoms with Crippen LogP contribution in [-0.4, -0.2) is 14.8 Å². The minimum atomic E-state index is -0.442. The predicted molar refractivity (Wildman–Crippen MR) is 54.9 cm³/mol. The number of nitrogens with zero attached hydrogens (tertiary/aromatic N) is 3. The fourth-order valence-electron chi connectivity index (χ4n) is 1.23. The Labute approximate surface area is 90.5 Å². The summed E-state index contributed by atoms with van der Waals surface area (Å²) >= 11 is 5.78. The summed E-state index contributed by atoms with van der Waals surface area (Å²) in [6.45, 7) is 0.348. The van der Waals surface area contributed by atoms with Crippen LogP contribution in [-0.2, 0) is 6.54 Å². The predicted octanol–water partition coefficient (Wildman–Crippen LogP) is 1.70. The molecule has 0 spiro atoms. The fourth-order valence-corrected chi connectivity index (χ4v) is 1.42. The van der Waals surface area contributed by atoms with E-state index in [-0.39, 0.29) is 11.0 Å². The van der Waals surface area contributed by atoms with E-state index in [0.717, 1.165) is 0 Å². The third-order valence-corrected chi connectivity index (χ3v) is 2.34. The van der Waals surface area contributed by atoms with Gasteiger partial charge < -0.3 is 5.73 Å². The van der Waals surface area contributed by atoms with Gasteiger partial charge in [-0.15, -0.1) is 5.10 Å². The molecule has 4 nitrogen and oxygen atoms in total. The highest BCUT2D eigenvalue weighted by molar-refractivity contribution is 6.31. The molecule has 1 heterocycles. The molecule has 78 valence electrons. The van der Waals surface area contributed by atoms with Crippen molar-refractivity contribution in [2.45, 2.75) is 6.54 Å². The highest BCUT2D eigenvalue weighted by atomic mass is 35.5. The fraction of sp³-hybridized carbons (Fsp3) is 0.111. The maximum absolute atomic E-state index is 13.1. The number of rotatable bonds is 2. The molecule has 2 N–H and O–H groups in total. The van der Waals surface area contributed by atoms with Gasteiger partial charge in [0.2, 0.25) is 5.95 Å². The summed E-state index contributed by atoms with van der Waals surface area (Å²) in [5.74, 6) is -0.259. The first kappa shape index (κ1) is 9.92. The zero-order valence-corrected chi connectivity index (χ0v) is 8.45. The molecule has 1 aromatic carbocycles. The van der Waals surface area contributed by atoms with Gasteiger partial charge in [-0.05, 0) is 11.6 Å². The number of hydrogen-bond donors (Lipinski definition) is 1. The van der Waals surface area contributed by atoms with Crippen molar-refractivity contribution in [1.29, 1.82) is 0 Å². The summed E-state index contributed by atoms with van der Waals surface area (Å²) < 4.78 is 14.6. The number of nitrogens with two attached hydrogens (primary N) is 1. The van der Waals surface area contributed by atoms with Crippen LogP contribution in [0.15, 0.2) is 24.5 Å². The summed E-state index contributed by atoms with van der Waals surface area (Å²) in [7, 11) is 0. The molecule has 0 aliphatic heterocycles. The number of hydrogen-bond acceptors (Lipinski definition) is 3. The summed E-state index contributed by atoms with van der Waals surface area (Å²) in [4.78, 5) is 3.76. The van der Waals surface area contributed by atoms with E-state index in [1.165, 1.54) is 17.1 Å². The van der Waals surface area contributed by atoms with Gasteiger partial charge in [0, 0.05) is 0 Å². The molecule has 15 heavy (non-hydrogen) atoms. The molecule has 2 rings (SSSR count). The van der Waals surface area contributed by atoms with Crippen LogP contribution in [0.4, 0.5) is 10.3 Å². The molecule has 0 aliphatic carbocycles. The van der Waals surface area contributed by atoms with E-state index < -0.39 is 5.82 Å². The molecule has 0 fully saturated rings. The van der Waals surface area contributed by atoms with Crippen LogP contribution in [0.2, 0.25) is 5.02 Å². The van der Waals surface area contributed by atoms with Crippen LogP contribution in [0.25, 0.3) is 0 Å². The molecule has 0 atom stereocenters. The van der Waals surface area contributed by atoms with Crippen LogP contribution >= 0.6 is 11.6 Å². The average Bonchev–Trinajstić information content (AvgIpc) is 2.59. The van der Waals surface area contributed by atoms with Crippen LogP contribution in [0.5, 0.6) is 0 Å². The zero-order valence-electron chi connectivity index (χ0n) is 7.69. The lowest BCUT2D eigenvalue weighted by Gasteiger charge is -2.04. The normalized spacial score (nSPS) is 10.5. The van der Waals surface area contributed by atoms with E-state index in [9.17, 15) is 4.39 Å². The SMILES string of the molecule is Nc1ncn(Cc2cccc(F)c2Cl)n1. The molecule has 2 aromatic rings. The minimum absolute atomic E-state index is 0.103. The Kier molecular flexibility index (Phi) is 2.55. The van der Waals surface area contributed by atoms with Crippen LogP contribution in [0, 0.1) is 5.82 Å². The first-order valence-electron chi connectivity index (χ1n) is 4.24. The van der Waals surface area contributed by atoms with Crippen molar-refractivity contribution in [3.63, 3.8) is 0 Å². The van der Waals surface area contributed by atoms with Gasteiger partial charge in [-0.1, -0.05) is 23.7 Å². The van der Waals surface area contributed by atoms with Crippen molar-refractivity contribution < 1.29 is 4.39 Å². The molecule has 1 aromatic heterocycles. The molecule has 0 aliphatic rings. The molecule has 0 amide bonds. The smallest absolute Gasteiger partial charge is 0.239 e. The molecule has 0 bridgehead atoms. The monoisotopic (exact) mass is 226 g/mol. The maximum atomic E-state index is 13.1. The van der Waals surface area contributed by atoms with Crippen LogP contribution in [0.3, 0.4) is 0 Å². The van der Waals surface area contributed by atoms with Crippen molar-refractivity contribution in [3.05, 3.63) is 40.9 Å². The lowest BCUT2D eigenvalue weighted by Crippen LogP contribution is -2.02. The summed E-state index contributed by atoms with van der Waals surface area (Å²) in [6, 6.07) is 4.63. The van der Waals surface area contributed by atoms with Gasteiger partial charge in [0.15, 0.2) is 0 Å². The Bertz CT molecular complexity index is 483. The van der Waals surface area contributed by atoms with Gasteiger partial charge in [0.05, 0.1) is 11.6 Å². The topological polar surface area (TPSA) is 56.7 Å². The van der Waals surface area contributed by atoms with Crippen LogP contribution < -0.4 is 5.73 Å². The van der Waals surface area contributed by atoms with Crippen LogP contribution in [0.1, 0.15) is 5.56 Å². The third-order valence-electron chi connectivity index (χ3n) is 1.92. The lowest BCUT2D eigenvalue weighted by atomic mass is 10.2. The Balaban J connectivity index is 2.28. The van der Waals surface area contributed by atoms with E-state index >= 15 is 0 Å². The first-order valence-corrected chi connectivity index (χ1v) is 4.62. The second-order valence-corrected chi connectivity index (χ2v) is 3.39. The highest BCUT2D eigenvalue weighted by Crippen LogP contribution is 2.20. The Morgan fingerprint density at radius 2 is 2.27 bits per heavy atom. The maximum Gasteiger partial charge on any atom is 0.239 e. The van der Waals surface area contributed by atoms with Gasteiger partial charge in [-0.25, -0.2) is 14.1 Å². The van der Waals surface area contributed by atoms with E-state index in [1.54, 1.807) is 12.1 Å². The van der Waals surface area contributed by atoms with Crippen molar-refractivity contribution in [3.8, 4) is 0 Å². The summed E-state index contributed by atoms with van der Waals surface area (Å²) in [5.41, 5.74) is 5.99. The van der Waals surface area contributed by atoms with E-state index in [4.69, 9.17) is 17.3 Å². The van der Waals surface area contributed by atoms with Crippen molar-refractivity contribution >= 4 is 17.5 Å². The molecular weight excluding hydrogens is 219 g/mol. The summed E-state index contributed by atoms with van der Waals surface area (Å²) in [5, 5.41) is 3.98. The number of halogens is 2. The van der Waals surface area contributed by atoms with Gasteiger partial charge in [-0.2, -0.15) is 0 Å². The van der Waals surface area contributed by atoms with Gasteiger partial charge in [0.25, 0.3) is 0 Å². The molecule has 0 saturated heterocycles. The highest BCUT2D eigenvalue weighted by Gasteiger charge is 2.06. The zero-order chi connectivity index (χ0) is 10.8. The minimum Gasteiger partial charge on any atom is -0.367 e. The second-order valence-electron chi connectivity index (χ2n) is 3.01. The Hall–Kier alpha value is -1.62. The molecular formula is C9H8ClFN4. The Morgan fingerprint density at radius 3 is 2.93 bits per heavy atom. The molecule has 0 saturated carbocycles.